The van der Waals surface area contributed by atoms with Gasteiger partial charge in [-0.2, -0.15) is 0 Å². The van der Waals surface area contributed by atoms with Crippen molar-refractivity contribution in [2.45, 2.75) is 78.2 Å². The summed E-state index contributed by atoms with van der Waals surface area (Å²) in [5.41, 5.74) is 4.97. The van der Waals surface area contributed by atoms with Crippen LogP contribution in [0.15, 0.2) is 0 Å². The van der Waals surface area contributed by atoms with E-state index in [0.717, 1.165) is 32.4 Å². The molecule has 4 heteroatoms. The van der Waals surface area contributed by atoms with Gasteiger partial charge in [0.15, 0.2) is 0 Å². The lowest BCUT2D eigenvalue weighted by molar-refractivity contribution is -0.124. The van der Waals surface area contributed by atoms with Crippen molar-refractivity contribution in [2.24, 2.45) is 5.73 Å². The van der Waals surface area contributed by atoms with Gasteiger partial charge in [0.25, 0.3) is 0 Å². The van der Waals surface area contributed by atoms with Crippen LogP contribution in [-0.2, 0) is 4.79 Å². The average molecular weight is 300 g/mol. The minimum atomic E-state index is -0.549. The third-order valence-corrected chi connectivity index (χ3v) is 4.17. The predicted molar refractivity (Wildman–Crippen MR) is 91.4 cm³/mol. The van der Waals surface area contributed by atoms with Gasteiger partial charge in [0, 0.05) is 0 Å². The Bertz CT molecular complexity index is 263. The van der Waals surface area contributed by atoms with E-state index in [9.17, 15) is 4.79 Å². The van der Waals surface area contributed by atoms with Gasteiger partial charge in [-0.1, -0.05) is 33.6 Å². The summed E-state index contributed by atoms with van der Waals surface area (Å²) in [5, 5.41) is 3.23. The number of hydrogen-bond donors (Lipinski definition) is 2. The van der Waals surface area contributed by atoms with E-state index in [2.05, 4.69) is 24.1 Å². The first kappa shape index (κ1) is 20.4. The van der Waals surface area contributed by atoms with E-state index in [1.54, 1.807) is 0 Å². The molecule has 21 heavy (non-hydrogen) atoms. The highest BCUT2D eigenvalue weighted by Gasteiger charge is 2.28. The maximum atomic E-state index is 11.6. The van der Waals surface area contributed by atoms with E-state index in [4.69, 9.17) is 5.73 Å². The SMILES string of the molecule is CCCCN(CCCC)CCCCC(C)(NCC)C(N)=O. The molecule has 0 saturated carbocycles. The zero-order chi connectivity index (χ0) is 16.1. The number of carbonyl (C=O) groups is 1. The van der Waals surface area contributed by atoms with Crippen LogP contribution in [0.1, 0.15) is 72.6 Å². The van der Waals surface area contributed by atoms with Gasteiger partial charge in [-0.3, -0.25) is 4.79 Å². The first-order valence-electron chi connectivity index (χ1n) is 8.77. The number of rotatable bonds is 14. The molecule has 0 radical (unpaired) electrons. The second-order valence-corrected chi connectivity index (χ2v) is 6.23. The van der Waals surface area contributed by atoms with Crippen molar-refractivity contribution in [2.75, 3.05) is 26.2 Å². The first-order valence-corrected chi connectivity index (χ1v) is 8.77. The van der Waals surface area contributed by atoms with Gasteiger partial charge >= 0.3 is 0 Å². The Morgan fingerprint density at radius 1 is 1.00 bits per heavy atom. The van der Waals surface area contributed by atoms with Gasteiger partial charge in [0.05, 0.1) is 5.54 Å². The Hall–Kier alpha value is -0.610. The summed E-state index contributed by atoms with van der Waals surface area (Å²) in [5.74, 6) is -0.238. The molecule has 3 N–H and O–H groups in total. The van der Waals surface area contributed by atoms with Crippen LogP contribution in [0.4, 0.5) is 0 Å². The number of carbonyl (C=O) groups excluding carboxylic acids is 1. The maximum Gasteiger partial charge on any atom is 0.237 e. The van der Waals surface area contributed by atoms with Crippen molar-refractivity contribution in [3.8, 4) is 0 Å². The fourth-order valence-electron chi connectivity index (χ4n) is 2.60. The van der Waals surface area contributed by atoms with Crippen molar-refractivity contribution in [1.82, 2.24) is 10.2 Å². The van der Waals surface area contributed by atoms with Crippen molar-refractivity contribution in [3.63, 3.8) is 0 Å². The third-order valence-electron chi connectivity index (χ3n) is 4.17. The number of amides is 1. The molecule has 0 aromatic rings. The van der Waals surface area contributed by atoms with Crippen LogP contribution in [-0.4, -0.2) is 42.5 Å². The van der Waals surface area contributed by atoms with Crippen molar-refractivity contribution < 1.29 is 4.79 Å². The van der Waals surface area contributed by atoms with E-state index in [1.165, 1.54) is 38.8 Å². The van der Waals surface area contributed by atoms with E-state index in [0.29, 0.717) is 0 Å². The molecule has 0 aromatic carbocycles. The zero-order valence-electron chi connectivity index (χ0n) is 14.7. The zero-order valence-corrected chi connectivity index (χ0v) is 14.7. The van der Waals surface area contributed by atoms with Crippen molar-refractivity contribution >= 4 is 5.91 Å². The fraction of sp³-hybridized carbons (Fsp3) is 0.941. The summed E-state index contributed by atoms with van der Waals surface area (Å²) < 4.78 is 0. The molecule has 0 fully saturated rings. The Labute approximate surface area is 131 Å². The lowest BCUT2D eigenvalue weighted by atomic mass is 9.94. The number of nitrogens with one attached hydrogen (secondary N) is 1. The molecule has 0 aliphatic heterocycles. The molecule has 0 aromatic heterocycles. The predicted octanol–water partition coefficient (Wildman–Crippen LogP) is 2.91. The first-order chi connectivity index (χ1) is 10.00. The van der Waals surface area contributed by atoms with E-state index >= 15 is 0 Å². The summed E-state index contributed by atoms with van der Waals surface area (Å²) in [6.45, 7) is 12.7. The van der Waals surface area contributed by atoms with Crippen LogP contribution in [0.25, 0.3) is 0 Å². The van der Waals surface area contributed by atoms with Crippen LogP contribution >= 0.6 is 0 Å². The minimum Gasteiger partial charge on any atom is -0.368 e. The largest absolute Gasteiger partial charge is 0.368 e. The molecule has 0 aliphatic carbocycles. The van der Waals surface area contributed by atoms with Crippen LogP contribution in [0.2, 0.25) is 0 Å². The molecular weight excluding hydrogens is 262 g/mol. The van der Waals surface area contributed by atoms with E-state index in [-0.39, 0.29) is 5.91 Å². The monoisotopic (exact) mass is 299 g/mol. The molecule has 0 heterocycles. The summed E-state index contributed by atoms with van der Waals surface area (Å²) >= 11 is 0. The van der Waals surface area contributed by atoms with E-state index in [1.807, 2.05) is 13.8 Å². The molecule has 0 aliphatic rings. The third kappa shape index (κ3) is 9.10. The number of hydrogen-bond acceptors (Lipinski definition) is 3. The Morgan fingerprint density at radius 2 is 1.52 bits per heavy atom. The van der Waals surface area contributed by atoms with Crippen LogP contribution in [0.3, 0.4) is 0 Å². The molecule has 1 amide bonds. The second kappa shape index (κ2) is 12.0. The molecular formula is C17H37N3O. The molecule has 1 unspecified atom stereocenters. The second-order valence-electron chi connectivity index (χ2n) is 6.23. The van der Waals surface area contributed by atoms with Crippen LogP contribution in [0.5, 0.6) is 0 Å². The molecule has 0 spiro atoms. The number of nitrogens with two attached hydrogens (primary N) is 1. The fourth-order valence-corrected chi connectivity index (χ4v) is 2.60. The summed E-state index contributed by atoms with van der Waals surface area (Å²) in [4.78, 5) is 14.1. The summed E-state index contributed by atoms with van der Waals surface area (Å²) in [6.07, 6.45) is 8.07. The smallest absolute Gasteiger partial charge is 0.237 e. The van der Waals surface area contributed by atoms with Gasteiger partial charge in [-0.05, 0) is 65.2 Å². The van der Waals surface area contributed by atoms with Crippen LogP contribution < -0.4 is 11.1 Å². The average Bonchev–Trinajstić information content (AvgIpc) is 2.45. The van der Waals surface area contributed by atoms with Crippen molar-refractivity contribution in [3.05, 3.63) is 0 Å². The summed E-state index contributed by atoms with van der Waals surface area (Å²) in [7, 11) is 0. The maximum absolute atomic E-state index is 11.6. The normalized spacial score (nSPS) is 14.3. The molecule has 1 atom stereocenters. The highest BCUT2D eigenvalue weighted by atomic mass is 16.1. The Balaban J connectivity index is 4.08. The summed E-state index contributed by atoms with van der Waals surface area (Å²) in [6, 6.07) is 0. The van der Waals surface area contributed by atoms with Gasteiger partial charge in [-0.15, -0.1) is 0 Å². The number of unbranched alkanes of at least 4 members (excludes halogenated alkanes) is 3. The lowest BCUT2D eigenvalue weighted by Crippen LogP contribution is -2.53. The van der Waals surface area contributed by atoms with Gasteiger partial charge in [-0.25, -0.2) is 0 Å². The highest BCUT2D eigenvalue weighted by molar-refractivity contribution is 5.84. The molecule has 4 nitrogen and oxygen atoms in total. The number of primary amides is 1. The minimum absolute atomic E-state index is 0.238. The number of likely N-dealkylation sites (N-methyl/N-ethyl adjacent to an activating group) is 1. The van der Waals surface area contributed by atoms with Crippen LogP contribution in [0, 0.1) is 0 Å². The molecule has 0 bridgehead atoms. The molecule has 126 valence electrons. The van der Waals surface area contributed by atoms with Gasteiger partial charge in [0.2, 0.25) is 5.91 Å². The topological polar surface area (TPSA) is 58.4 Å². The van der Waals surface area contributed by atoms with E-state index < -0.39 is 5.54 Å². The lowest BCUT2D eigenvalue weighted by Gasteiger charge is -2.28. The molecule has 0 saturated heterocycles. The Morgan fingerprint density at radius 3 is 1.95 bits per heavy atom. The Kier molecular flexibility index (Phi) is 11.6. The number of nitrogens with zero attached hydrogens (tertiary/aromatic N) is 1. The van der Waals surface area contributed by atoms with Crippen molar-refractivity contribution in [1.29, 1.82) is 0 Å². The van der Waals surface area contributed by atoms with Gasteiger partial charge in [0.1, 0.15) is 0 Å². The quantitative estimate of drug-likeness (QED) is 0.485. The highest BCUT2D eigenvalue weighted by Crippen LogP contribution is 2.14. The standard InChI is InChI=1S/C17H37N3O/c1-5-8-13-20(14-9-6-2)15-11-10-12-17(4,16(18)21)19-7-3/h19H,5-15H2,1-4H3,(H2,18,21). The van der Waals surface area contributed by atoms with Gasteiger partial charge < -0.3 is 16.0 Å². The molecule has 0 rings (SSSR count).